The summed E-state index contributed by atoms with van der Waals surface area (Å²) in [5.74, 6) is -0.684. The molecule has 0 atom stereocenters. The number of morpholine rings is 1. The molecule has 82 valence electrons. The molecule has 1 fully saturated rings. The molecule has 1 aliphatic heterocycles. The number of nitrogens with zero attached hydrogens (tertiary/aromatic N) is 1. The lowest BCUT2D eigenvalue weighted by Gasteiger charge is -2.26. The topological polar surface area (TPSA) is 49.8 Å². The third-order valence-electron chi connectivity index (χ3n) is 2.47. The molecule has 0 bridgehead atoms. The summed E-state index contributed by atoms with van der Waals surface area (Å²) >= 11 is 0. The van der Waals surface area contributed by atoms with Gasteiger partial charge in [-0.3, -0.25) is 9.69 Å². The Balaban J connectivity index is 1.90. The molecule has 0 spiro atoms. The first-order valence-corrected chi connectivity index (χ1v) is 5.31. The van der Waals surface area contributed by atoms with Crippen LogP contribution in [0.25, 0.3) is 0 Å². The third-order valence-corrected chi connectivity index (χ3v) is 2.47. The van der Waals surface area contributed by atoms with Gasteiger partial charge >= 0.3 is 5.97 Å². The van der Waals surface area contributed by atoms with Gasteiger partial charge in [0.15, 0.2) is 0 Å². The maximum atomic E-state index is 10.2. The molecule has 0 radical (unpaired) electrons. The van der Waals surface area contributed by atoms with Crippen LogP contribution in [0.5, 0.6) is 0 Å². The van der Waals surface area contributed by atoms with Gasteiger partial charge in [-0.1, -0.05) is 6.42 Å². The Bertz CT molecular complexity index is 167. The Kier molecular flexibility index (Phi) is 5.56. The zero-order chi connectivity index (χ0) is 10.2. The first kappa shape index (κ1) is 11.5. The van der Waals surface area contributed by atoms with Gasteiger partial charge in [0.25, 0.3) is 0 Å². The second-order valence-electron chi connectivity index (χ2n) is 3.66. The van der Waals surface area contributed by atoms with E-state index in [4.69, 9.17) is 9.84 Å². The van der Waals surface area contributed by atoms with Crippen LogP contribution in [-0.4, -0.2) is 48.8 Å². The lowest BCUT2D eigenvalue weighted by molar-refractivity contribution is -0.137. The fourth-order valence-corrected chi connectivity index (χ4v) is 1.61. The number of hydrogen-bond donors (Lipinski definition) is 1. The summed E-state index contributed by atoms with van der Waals surface area (Å²) in [6.45, 7) is 4.82. The highest BCUT2D eigenvalue weighted by molar-refractivity contribution is 5.66. The van der Waals surface area contributed by atoms with Gasteiger partial charge in [0.05, 0.1) is 13.2 Å². The lowest BCUT2D eigenvalue weighted by atomic mass is 10.2. The summed E-state index contributed by atoms with van der Waals surface area (Å²) in [4.78, 5) is 12.6. The molecule has 0 aromatic carbocycles. The maximum absolute atomic E-state index is 10.2. The minimum Gasteiger partial charge on any atom is -0.481 e. The van der Waals surface area contributed by atoms with E-state index in [-0.39, 0.29) is 0 Å². The fraction of sp³-hybridized carbons (Fsp3) is 0.900. The van der Waals surface area contributed by atoms with Gasteiger partial charge in [0, 0.05) is 19.5 Å². The van der Waals surface area contributed by atoms with Crippen molar-refractivity contribution in [2.45, 2.75) is 25.7 Å². The van der Waals surface area contributed by atoms with E-state index in [0.717, 1.165) is 52.1 Å². The van der Waals surface area contributed by atoms with E-state index in [9.17, 15) is 4.79 Å². The molecular weight excluding hydrogens is 182 g/mol. The van der Waals surface area contributed by atoms with Crippen LogP contribution in [0.15, 0.2) is 0 Å². The van der Waals surface area contributed by atoms with Crippen LogP contribution < -0.4 is 0 Å². The van der Waals surface area contributed by atoms with Gasteiger partial charge < -0.3 is 9.84 Å². The Morgan fingerprint density at radius 2 is 1.93 bits per heavy atom. The van der Waals surface area contributed by atoms with E-state index < -0.39 is 5.97 Å². The molecule has 14 heavy (non-hydrogen) atoms. The van der Waals surface area contributed by atoms with E-state index in [1.807, 2.05) is 0 Å². The SMILES string of the molecule is O=C(O)CCCCCN1CCOCC1. The highest BCUT2D eigenvalue weighted by Crippen LogP contribution is 2.03. The number of ether oxygens (including phenoxy) is 1. The molecule has 0 aromatic rings. The van der Waals surface area contributed by atoms with Crippen molar-refractivity contribution in [2.75, 3.05) is 32.8 Å². The van der Waals surface area contributed by atoms with E-state index >= 15 is 0 Å². The Morgan fingerprint density at radius 3 is 2.57 bits per heavy atom. The number of carboxylic acid groups (broad SMARTS) is 1. The van der Waals surface area contributed by atoms with Crippen molar-refractivity contribution in [3.8, 4) is 0 Å². The Morgan fingerprint density at radius 1 is 1.21 bits per heavy atom. The zero-order valence-electron chi connectivity index (χ0n) is 8.57. The van der Waals surface area contributed by atoms with Crippen molar-refractivity contribution in [3.05, 3.63) is 0 Å². The monoisotopic (exact) mass is 201 g/mol. The number of rotatable bonds is 6. The van der Waals surface area contributed by atoms with E-state index in [2.05, 4.69) is 4.90 Å². The molecule has 0 aliphatic carbocycles. The van der Waals surface area contributed by atoms with Crippen LogP contribution in [-0.2, 0) is 9.53 Å². The molecule has 1 rings (SSSR count). The van der Waals surface area contributed by atoms with Crippen molar-refractivity contribution in [1.29, 1.82) is 0 Å². The van der Waals surface area contributed by atoms with Crippen LogP contribution >= 0.6 is 0 Å². The largest absolute Gasteiger partial charge is 0.481 e. The first-order valence-electron chi connectivity index (χ1n) is 5.31. The van der Waals surface area contributed by atoms with Crippen LogP contribution in [0.4, 0.5) is 0 Å². The lowest BCUT2D eigenvalue weighted by Crippen LogP contribution is -2.36. The normalized spacial score (nSPS) is 18.3. The van der Waals surface area contributed by atoms with Gasteiger partial charge in [-0.15, -0.1) is 0 Å². The minimum atomic E-state index is -0.684. The summed E-state index contributed by atoms with van der Waals surface area (Å²) in [6, 6.07) is 0. The predicted octanol–water partition coefficient (Wildman–Crippen LogP) is 0.964. The summed E-state index contributed by atoms with van der Waals surface area (Å²) in [7, 11) is 0. The minimum absolute atomic E-state index is 0.309. The standard InChI is InChI=1S/C10H19NO3/c12-10(13)4-2-1-3-5-11-6-8-14-9-7-11/h1-9H2,(H,12,13). The number of carboxylic acids is 1. The second kappa shape index (κ2) is 6.79. The van der Waals surface area contributed by atoms with Crippen molar-refractivity contribution in [2.24, 2.45) is 0 Å². The van der Waals surface area contributed by atoms with Gasteiger partial charge in [-0.2, -0.15) is 0 Å². The summed E-state index contributed by atoms with van der Waals surface area (Å²) in [5.41, 5.74) is 0. The summed E-state index contributed by atoms with van der Waals surface area (Å²) in [6.07, 6.45) is 3.24. The second-order valence-corrected chi connectivity index (χ2v) is 3.66. The fourth-order valence-electron chi connectivity index (χ4n) is 1.61. The Hall–Kier alpha value is -0.610. The van der Waals surface area contributed by atoms with Crippen molar-refractivity contribution < 1.29 is 14.6 Å². The smallest absolute Gasteiger partial charge is 0.303 e. The molecular formula is C10H19NO3. The van der Waals surface area contributed by atoms with Crippen LogP contribution in [0.2, 0.25) is 0 Å². The van der Waals surface area contributed by atoms with Crippen LogP contribution in [0, 0.1) is 0 Å². The highest BCUT2D eigenvalue weighted by atomic mass is 16.5. The van der Waals surface area contributed by atoms with Crippen LogP contribution in [0.1, 0.15) is 25.7 Å². The molecule has 4 nitrogen and oxygen atoms in total. The van der Waals surface area contributed by atoms with Crippen molar-refractivity contribution in [3.63, 3.8) is 0 Å². The molecule has 1 heterocycles. The van der Waals surface area contributed by atoms with E-state index in [0.29, 0.717) is 6.42 Å². The first-order chi connectivity index (χ1) is 6.79. The molecule has 1 N–H and O–H groups in total. The van der Waals surface area contributed by atoms with Crippen molar-refractivity contribution in [1.82, 2.24) is 4.90 Å². The van der Waals surface area contributed by atoms with Crippen molar-refractivity contribution >= 4 is 5.97 Å². The van der Waals surface area contributed by atoms with Crippen LogP contribution in [0.3, 0.4) is 0 Å². The average molecular weight is 201 g/mol. The molecule has 0 saturated carbocycles. The Labute approximate surface area is 84.8 Å². The van der Waals surface area contributed by atoms with E-state index in [1.165, 1.54) is 0 Å². The number of aliphatic carboxylic acids is 1. The van der Waals surface area contributed by atoms with E-state index in [1.54, 1.807) is 0 Å². The molecule has 0 amide bonds. The quantitative estimate of drug-likeness (QED) is 0.650. The molecule has 0 unspecified atom stereocenters. The highest BCUT2D eigenvalue weighted by Gasteiger charge is 2.08. The zero-order valence-corrected chi connectivity index (χ0v) is 8.57. The maximum Gasteiger partial charge on any atom is 0.303 e. The number of hydrogen-bond acceptors (Lipinski definition) is 3. The summed E-state index contributed by atoms with van der Waals surface area (Å²) in [5, 5.41) is 8.43. The average Bonchev–Trinajstić information content (AvgIpc) is 2.18. The number of carbonyl (C=O) groups is 1. The predicted molar refractivity (Wildman–Crippen MR) is 53.4 cm³/mol. The van der Waals surface area contributed by atoms with Gasteiger partial charge in [0.1, 0.15) is 0 Å². The molecule has 1 saturated heterocycles. The van der Waals surface area contributed by atoms with Gasteiger partial charge in [-0.25, -0.2) is 0 Å². The van der Waals surface area contributed by atoms with Gasteiger partial charge in [-0.05, 0) is 19.4 Å². The summed E-state index contributed by atoms with van der Waals surface area (Å²) < 4.78 is 5.24. The third kappa shape index (κ3) is 5.19. The molecule has 1 aliphatic rings. The molecule has 4 heteroatoms. The van der Waals surface area contributed by atoms with Gasteiger partial charge in [0.2, 0.25) is 0 Å². The number of unbranched alkanes of at least 4 members (excludes halogenated alkanes) is 2. The molecule has 0 aromatic heterocycles.